The van der Waals surface area contributed by atoms with Crippen molar-refractivity contribution in [2.75, 3.05) is 24.6 Å². The molecule has 0 spiro atoms. The molecule has 0 aromatic carbocycles. The Morgan fingerprint density at radius 3 is 2.33 bits per heavy atom. The summed E-state index contributed by atoms with van der Waals surface area (Å²) in [6.45, 7) is 5.32. The van der Waals surface area contributed by atoms with Crippen LogP contribution >= 0.6 is 11.8 Å². The van der Waals surface area contributed by atoms with E-state index in [1.165, 1.54) is 0 Å². The van der Waals surface area contributed by atoms with Crippen molar-refractivity contribution in [2.45, 2.75) is 19.4 Å². The Balaban J connectivity index is 2.59. The molecule has 1 saturated heterocycles. The van der Waals surface area contributed by atoms with Gasteiger partial charge in [-0.1, -0.05) is 0 Å². The molecule has 1 aliphatic heterocycles. The minimum atomic E-state index is -0.727. The third-order valence-corrected chi connectivity index (χ3v) is 3.27. The molecule has 1 heterocycles. The molecule has 1 aliphatic rings. The minimum Gasteiger partial charge on any atom is -0.480 e. The second kappa shape index (κ2) is 3.66. The van der Waals surface area contributed by atoms with Crippen molar-refractivity contribution in [3.63, 3.8) is 0 Å². The highest BCUT2D eigenvalue weighted by atomic mass is 32.2. The van der Waals surface area contributed by atoms with Crippen molar-refractivity contribution < 1.29 is 9.90 Å². The molecule has 0 aliphatic carbocycles. The second-order valence-electron chi connectivity index (χ2n) is 3.46. The number of carboxylic acids is 1. The molecule has 0 atom stereocenters. The van der Waals surface area contributed by atoms with Crippen LogP contribution in [0.5, 0.6) is 0 Å². The monoisotopic (exact) mass is 189 g/mol. The molecule has 1 N–H and O–H groups in total. The van der Waals surface area contributed by atoms with Gasteiger partial charge in [0.15, 0.2) is 0 Å². The third kappa shape index (κ3) is 1.93. The van der Waals surface area contributed by atoms with Gasteiger partial charge < -0.3 is 5.11 Å². The maximum Gasteiger partial charge on any atom is 0.323 e. The van der Waals surface area contributed by atoms with Crippen LogP contribution in [0.2, 0.25) is 0 Å². The SMILES string of the molecule is CC(C)(C(=O)O)N1CCSCC1. The average molecular weight is 189 g/mol. The number of hydrogen-bond donors (Lipinski definition) is 1. The molecule has 0 aromatic rings. The van der Waals surface area contributed by atoms with E-state index in [1.54, 1.807) is 13.8 Å². The lowest BCUT2D eigenvalue weighted by atomic mass is 10.0. The van der Waals surface area contributed by atoms with Gasteiger partial charge >= 0.3 is 5.97 Å². The smallest absolute Gasteiger partial charge is 0.323 e. The Hall–Kier alpha value is -0.220. The normalized spacial score (nSPS) is 20.8. The van der Waals surface area contributed by atoms with Crippen molar-refractivity contribution in [3.05, 3.63) is 0 Å². The van der Waals surface area contributed by atoms with Crippen LogP contribution in [-0.4, -0.2) is 46.1 Å². The van der Waals surface area contributed by atoms with E-state index in [0.29, 0.717) is 0 Å². The maximum absolute atomic E-state index is 10.9. The summed E-state index contributed by atoms with van der Waals surface area (Å²) in [5.74, 6) is 1.38. The van der Waals surface area contributed by atoms with Crippen LogP contribution in [0.15, 0.2) is 0 Å². The first kappa shape index (κ1) is 9.86. The molecular formula is C8H15NO2S. The topological polar surface area (TPSA) is 40.5 Å². The van der Waals surface area contributed by atoms with Gasteiger partial charge in [-0.05, 0) is 13.8 Å². The fraction of sp³-hybridized carbons (Fsp3) is 0.875. The van der Waals surface area contributed by atoms with E-state index >= 15 is 0 Å². The van der Waals surface area contributed by atoms with Gasteiger partial charge in [0.05, 0.1) is 0 Å². The molecule has 1 rings (SSSR count). The number of aliphatic carboxylic acids is 1. The number of rotatable bonds is 2. The summed E-state index contributed by atoms with van der Waals surface area (Å²) in [4.78, 5) is 12.9. The highest BCUT2D eigenvalue weighted by Crippen LogP contribution is 2.19. The molecule has 12 heavy (non-hydrogen) atoms. The Morgan fingerprint density at radius 1 is 1.42 bits per heavy atom. The fourth-order valence-electron chi connectivity index (χ4n) is 1.26. The van der Waals surface area contributed by atoms with Gasteiger partial charge in [-0.15, -0.1) is 0 Å². The van der Waals surface area contributed by atoms with Crippen LogP contribution in [0.1, 0.15) is 13.8 Å². The Bertz CT molecular complexity index is 176. The van der Waals surface area contributed by atoms with Gasteiger partial charge in [0.1, 0.15) is 5.54 Å². The van der Waals surface area contributed by atoms with E-state index in [0.717, 1.165) is 24.6 Å². The number of nitrogens with zero attached hydrogens (tertiary/aromatic N) is 1. The number of carboxylic acid groups (broad SMARTS) is 1. The second-order valence-corrected chi connectivity index (χ2v) is 4.69. The molecule has 1 fully saturated rings. The first-order valence-corrected chi connectivity index (χ1v) is 5.27. The van der Waals surface area contributed by atoms with E-state index < -0.39 is 11.5 Å². The Kier molecular flexibility index (Phi) is 3.01. The first-order valence-electron chi connectivity index (χ1n) is 4.11. The standard InChI is InChI=1S/C8H15NO2S/c1-8(2,7(10)11)9-3-5-12-6-4-9/h3-6H2,1-2H3,(H,10,11). The predicted octanol–water partition coefficient (Wildman–Crippen LogP) is 0.898. The summed E-state index contributed by atoms with van der Waals surface area (Å²) >= 11 is 1.89. The van der Waals surface area contributed by atoms with Crippen LogP contribution in [0.4, 0.5) is 0 Å². The Labute approximate surface area is 77.1 Å². The zero-order chi connectivity index (χ0) is 9.19. The van der Waals surface area contributed by atoms with Crippen molar-refractivity contribution in [2.24, 2.45) is 0 Å². The maximum atomic E-state index is 10.9. The van der Waals surface area contributed by atoms with Gasteiger partial charge in [-0.2, -0.15) is 11.8 Å². The molecule has 0 saturated carbocycles. The molecule has 4 heteroatoms. The molecule has 0 radical (unpaired) electrons. The molecule has 0 unspecified atom stereocenters. The van der Waals surface area contributed by atoms with E-state index in [1.807, 2.05) is 16.7 Å². The Morgan fingerprint density at radius 2 is 1.92 bits per heavy atom. The summed E-state index contributed by atoms with van der Waals surface area (Å²) in [6, 6.07) is 0. The fourth-order valence-corrected chi connectivity index (χ4v) is 2.16. The lowest BCUT2D eigenvalue weighted by Gasteiger charge is -2.37. The van der Waals surface area contributed by atoms with Crippen molar-refractivity contribution in [1.82, 2.24) is 4.90 Å². The van der Waals surface area contributed by atoms with Crippen molar-refractivity contribution in [1.29, 1.82) is 0 Å². The first-order chi connectivity index (χ1) is 5.55. The zero-order valence-electron chi connectivity index (χ0n) is 7.54. The molecule has 0 aromatic heterocycles. The van der Waals surface area contributed by atoms with Gasteiger partial charge in [0.2, 0.25) is 0 Å². The quantitative estimate of drug-likeness (QED) is 0.700. The van der Waals surface area contributed by atoms with Crippen molar-refractivity contribution in [3.8, 4) is 0 Å². The van der Waals surface area contributed by atoms with Crippen LogP contribution in [0, 0.1) is 0 Å². The van der Waals surface area contributed by atoms with Gasteiger partial charge in [-0.25, -0.2) is 0 Å². The highest BCUT2D eigenvalue weighted by Gasteiger charge is 2.34. The van der Waals surface area contributed by atoms with Gasteiger partial charge in [0.25, 0.3) is 0 Å². The van der Waals surface area contributed by atoms with Crippen LogP contribution in [0.25, 0.3) is 0 Å². The zero-order valence-corrected chi connectivity index (χ0v) is 8.36. The lowest BCUT2D eigenvalue weighted by Crippen LogP contribution is -2.53. The van der Waals surface area contributed by atoms with Crippen LogP contribution in [0.3, 0.4) is 0 Å². The molecule has 0 bridgehead atoms. The molecule has 70 valence electrons. The van der Waals surface area contributed by atoms with Crippen LogP contribution < -0.4 is 0 Å². The summed E-state index contributed by atoms with van der Waals surface area (Å²) in [5.41, 5.74) is -0.693. The van der Waals surface area contributed by atoms with E-state index in [2.05, 4.69) is 0 Å². The summed E-state index contributed by atoms with van der Waals surface area (Å²) in [7, 11) is 0. The summed E-state index contributed by atoms with van der Waals surface area (Å²) in [5, 5.41) is 8.95. The largest absolute Gasteiger partial charge is 0.480 e. The number of thioether (sulfide) groups is 1. The predicted molar refractivity (Wildman–Crippen MR) is 50.6 cm³/mol. The van der Waals surface area contributed by atoms with Gasteiger partial charge in [-0.3, -0.25) is 9.69 Å². The highest BCUT2D eigenvalue weighted by molar-refractivity contribution is 7.99. The van der Waals surface area contributed by atoms with E-state index in [4.69, 9.17) is 5.11 Å². The van der Waals surface area contributed by atoms with Crippen LogP contribution in [-0.2, 0) is 4.79 Å². The summed E-state index contributed by atoms with van der Waals surface area (Å²) in [6.07, 6.45) is 0. The minimum absolute atomic E-state index is 0.693. The third-order valence-electron chi connectivity index (χ3n) is 2.33. The summed E-state index contributed by atoms with van der Waals surface area (Å²) < 4.78 is 0. The number of hydrogen-bond acceptors (Lipinski definition) is 3. The molecular weight excluding hydrogens is 174 g/mol. The van der Waals surface area contributed by atoms with E-state index in [-0.39, 0.29) is 0 Å². The molecule has 3 nitrogen and oxygen atoms in total. The van der Waals surface area contributed by atoms with Gasteiger partial charge in [0, 0.05) is 24.6 Å². The average Bonchev–Trinajstić information content (AvgIpc) is 2.06. The lowest BCUT2D eigenvalue weighted by molar-refractivity contribution is -0.149. The van der Waals surface area contributed by atoms with E-state index in [9.17, 15) is 4.79 Å². The molecule has 0 amide bonds. The number of carbonyl (C=O) groups is 1. The van der Waals surface area contributed by atoms with Crippen molar-refractivity contribution >= 4 is 17.7 Å².